The third-order valence-corrected chi connectivity index (χ3v) is 1.86. The van der Waals surface area contributed by atoms with Crippen LogP contribution in [0.1, 0.15) is 4.28 Å². The maximum atomic E-state index is 9.51. The van der Waals surface area contributed by atoms with Gasteiger partial charge in [0.1, 0.15) is 0 Å². The first-order valence-corrected chi connectivity index (χ1v) is 9.45. The fourth-order valence-corrected chi connectivity index (χ4v) is 0.632. The van der Waals surface area contributed by atoms with E-state index in [4.69, 9.17) is 31.5 Å². The normalized spacial score (nSPS) is 12.5. The first kappa shape index (κ1) is 40.6. The van der Waals surface area contributed by atoms with Crippen molar-refractivity contribution in [1.29, 1.82) is 0 Å². The Morgan fingerprint density at radius 3 is 0.826 bits per heavy atom. The minimum Gasteiger partial charge on any atom is -1.00 e. The molecule has 0 aliphatic heterocycles. The number of hydrogen-bond acceptors (Lipinski definition) is 9. The summed E-state index contributed by atoms with van der Waals surface area (Å²) in [6, 6.07) is 0. The van der Waals surface area contributed by atoms with Gasteiger partial charge in [0.25, 0.3) is 31.6 Å². The Morgan fingerprint density at radius 2 is 0.783 bits per heavy atom. The third kappa shape index (κ3) is 67.4. The molecule has 0 fully saturated rings. The van der Waals surface area contributed by atoms with Crippen LogP contribution in [-0.4, -0.2) is 56.8 Å². The van der Waals surface area contributed by atoms with Crippen LogP contribution in [0.25, 0.3) is 0 Å². The van der Waals surface area contributed by atoms with Gasteiger partial charge in [0, 0.05) is 0 Å². The zero-order valence-corrected chi connectivity index (χ0v) is 21.5. The Hall–Kier alpha value is 3.03. The van der Waals surface area contributed by atoms with Crippen molar-refractivity contribution in [1.82, 2.24) is 0 Å². The second-order valence-electron chi connectivity index (χ2n) is 1.66. The van der Waals surface area contributed by atoms with Crippen LogP contribution in [0.2, 0.25) is 0 Å². The second-order valence-corrected chi connectivity index (χ2v) is 6.68. The van der Waals surface area contributed by atoms with Crippen LogP contribution in [0.4, 0.5) is 0 Å². The Morgan fingerprint density at radius 1 is 0.652 bits per heavy atom. The maximum absolute atomic E-state index is 9.51. The molecule has 0 aliphatic rings. The van der Waals surface area contributed by atoms with Crippen molar-refractivity contribution in [2.75, 3.05) is 0 Å². The Bertz CT molecular complexity index is 495. The SMILES string of the molecule is O=S(=O)(O)OOS(=O)(=O)O.O=S(O)O.O=S(O)S(=O)O.[H-].[H-].[H-].[Na+].[Na+].[Na+]. The topological polar surface area (TPSA) is 259 Å². The second kappa shape index (κ2) is 21.3. The van der Waals surface area contributed by atoms with E-state index in [-0.39, 0.29) is 93.0 Å². The Kier molecular flexibility index (Phi) is 37.7. The van der Waals surface area contributed by atoms with Gasteiger partial charge in [0.05, 0.1) is 0 Å². The molecule has 23 heavy (non-hydrogen) atoms. The molecule has 0 bridgehead atoms. The number of hydrogen-bond donors (Lipinski definition) is 6. The van der Waals surface area contributed by atoms with E-state index >= 15 is 0 Å². The van der Waals surface area contributed by atoms with Crippen LogP contribution in [0, 0.1) is 0 Å². The molecule has 2 unspecified atom stereocenters. The van der Waals surface area contributed by atoms with Gasteiger partial charge in [-0.2, -0.15) is 21.0 Å². The largest absolute Gasteiger partial charge is 1.00 e. The zero-order valence-electron chi connectivity index (χ0n) is 14.4. The first-order chi connectivity index (χ1) is 8.58. The van der Waals surface area contributed by atoms with Gasteiger partial charge in [-0.25, -0.2) is 8.42 Å². The van der Waals surface area contributed by atoms with Gasteiger partial charge < -0.3 is 4.28 Å². The first-order valence-electron chi connectivity index (χ1n) is 2.93. The van der Waals surface area contributed by atoms with Gasteiger partial charge >= 0.3 is 109 Å². The average Bonchev–Trinajstić information content (AvgIpc) is 2.12. The summed E-state index contributed by atoms with van der Waals surface area (Å²) in [6.07, 6.45) is 0. The summed E-state index contributed by atoms with van der Waals surface area (Å²) < 4.78 is 115. The molecule has 132 valence electrons. The fraction of sp³-hybridized carbons (Fsp3) is 0. The van der Waals surface area contributed by atoms with Crippen LogP contribution in [0.3, 0.4) is 0 Å². The predicted molar refractivity (Wildman–Crippen MR) is 63.5 cm³/mol. The van der Waals surface area contributed by atoms with Gasteiger partial charge in [-0.3, -0.25) is 27.3 Å². The predicted octanol–water partition coefficient (Wildman–Crippen LogP) is -11.1. The molecule has 0 saturated carbocycles. The fourth-order valence-electron chi connectivity index (χ4n) is 0.0702. The van der Waals surface area contributed by atoms with E-state index in [1.807, 2.05) is 0 Å². The molecular weight excluding hydrogens is 469 g/mol. The van der Waals surface area contributed by atoms with Crippen molar-refractivity contribution >= 4 is 52.4 Å². The van der Waals surface area contributed by atoms with E-state index < -0.39 is 52.4 Å². The molecule has 0 aliphatic carbocycles. The summed E-state index contributed by atoms with van der Waals surface area (Å²) in [7, 11) is -15.2. The van der Waals surface area contributed by atoms with Crippen LogP contribution >= 0.6 is 0 Å². The van der Waals surface area contributed by atoms with Crippen LogP contribution < -0.4 is 88.7 Å². The van der Waals surface area contributed by atoms with Crippen LogP contribution in [0.5, 0.6) is 0 Å². The minimum absolute atomic E-state index is 0. The summed E-state index contributed by atoms with van der Waals surface area (Å²) in [5.74, 6) is 0. The summed E-state index contributed by atoms with van der Waals surface area (Å²) >= 11 is -2.61. The van der Waals surface area contributed by atoms with Crippen molar-refractivity contribution in [3.8, 4) is 0 Å². The molecule has 0 heterocycles. The summed E-state index contributed by atoms with van der Waals surface area (Å²) in [4.78, 5) is 0. The molecule has 15 nitrogen and oxygen atoms in total. The molecule has 23 heteroatoms. The molecule has 0 aromatic heterocycles. The molecule has 6 N–H and O–H groups in total. The van der Waals surface area contributed by atoms with Crippen LogP contribution in [-0.2, 0) is 61.1 Å². The molecule has 0 amide bonds. The van der Waals surface area contributed by atoms with E-state index in [9.17, 15) is 25.3 Å². The standard InChI is InChI=1S/3Na.H2O8S2.H2O4S2.H2O3S.3H/c;;;1-9(2,3)7-8-10(4,5)6;1-5(2)6(3)4;1-4(2)3;;;/h;;;(H,1,2,3)(H,4,5,6);(H,1,2)(H,3,4);(H2,1,2,3);;;/q3*+1;;;;3*-1. The molecule has 0 aromatic rings. The Balaban J connectivity index is -0.0000000230. The monoisotopic (exact) mass is 478 g/mol. The van der Waals surface area contributed by atoms with Crippen LogP contribution in [0.15, 0.2) is 0 Å². The summed E-state index contributed by atoms with van der Waals surface area (Å²) in [5, 5.41) is 0. The van der Waals surface area contributed by atoms with Crippen molar-refractivity contribution in [3.63, 3.8) is 0 Å². The molecule has 0 spiro atoms. The number of rotatable bonds is 4. The third-order valence-electron chi connectivity index (χ3n) is 0.322. The molecule has 2 atom stereocenters. The van der Waals surface area contributed by atoms with Crippen molar-refractivity contribution in [2.45, 2.75) is 0 Å². The average molecular weight is 478 g/mol. The molecule has 0 radical (unpaired) electrons. The molecular formula is H9Na3O15S5. The quantitative estimate of drug-likeness (QED) is 0.0547. The van der Waals surface area contributed by atoms with Crippen molar-refractivity contribution in [2.24, 2.45) is 0 Å². The zero-order chi connectivity index (χ0) is 17.1. The smallest absolute Gasteiger partial charge is 1.00 e. The molecule has 0 aromatic carbocycles. The Labute approximate surface area is 207 Å². The molecule has 0 saturated heterocycles. The van der Waals surface area contributed by atoms with Gasteiger partial charge in [0.15, 0.2) is 0 Å². The van der Waals surface area contributed by atoms with E-state index in [1.54, 1.807) is 0 Å². The van der Waals surface area contributed by atoms with Gasteiger partial charge in [0.2, 0.25) is 0 Å². The molecule has 0 rings (SSSR count). The summed E-state index contributed by atoms with van der Waals surface area (Å²) in [5.41, 5.74) is 0. The van der Waals surface area contributed by atoms with Crippen molar-refractivity contribution in [3.05, 3.63) is 0 Å². The van der Waals surface area contributed by atoms with E-state index in [1.165, 1.54) is 0 Å². The van der Waals surface area contributed by atoms with Gasteiger partial charge in [-0.05, 0) is 0 Å². The van der Waals surface area contributed by atoms with Gasteiger partial charge in [-0.1, -0.05) is 8.67 Å². The minimum atomic E-state index is -5.02. The maximum Gasteiger partial charge on any atom is 1.00 e. The van der Waals surface area contributed by atoms with Gasteiger partial charge in [-0.15, -0.1) is 0 Å². The summed E-state index contributed by atoms with van der Waals surface area (Å²) in [6.45, 7) is 0. The van der Waals surface area contributed by atoms with E-state index in [0.29, 0.717) is 0 Å². The van der Waals surface area contributed by atoms with E-state index in [0.717, 1.165) is 0 Å². The van der Waals surface area contributed by atoms with Crippen molar-refractivity contribution < 1.29 is 158 Å². The van der Waals surface area contributed by atoms with E-state index in [2.05, 4.69) is 8.67 Å².